The van der Waals surface area contributed by atoms with Gasteiger partial charge in [0.25, 0.3) is 0 Å². The summed E-state index contributed by atoms with van der Waals surface area (Å²) >= 11 is 2.70. The lowest BCUT2D eigenvalue weighted by molar-refractivity contribution is 0.00796. The number of sulfonamides is 1. The van der Waals surface area contributed by atoms with Crippen molar-refractivity contribution in [3.05, 3.63) is 27.7 Å². The van der Waals surface area contributed by atoms with Gasteiger partial charge in [0.1, 0.15) is 22.4 Å². The Morgan fingerprint density at radius 2 is 2.00 bits per heavy atom. The molecule has 0 aliphatic heterocycles. The topological polar surface area (TPSA) is 86.5 Å². The second-order valence-electron chi connectivity index (χ2n) is 4.36. The average Bonchev–Trinajstić information content (AvgIpc) is 2.20. The molecule has 1 saturated carbocycles. The second kappa shape index (κ2) is 5.38. The lowest BCUT2D eigenvalue weighted by Crippen LogP contribution is -2.27. The Labute approximate surface area is 122 Å². The molecule has 2 rings (SSSR count). The van der Waals surface area contributed by atoms with E-state index in [1.54, 1.807) is 0 Å². The average molecular weight is 370 g/mol. The fourth-order valence-corrected chi connectivity index (χ4v) is 3.45. The van der Waals surface area contributed by atoms with Gasteiger partial charge in [-0.15, -0.1) is 0 Å². The predicted octanol–water partition coefficient (Wildman–Crippen LogP) is 2.08. The smallest absolute Gasteiger partial charge is 0.344 e. The number of hydrogen-bond acceptors (Lipinski definition) is 4. The Morgan fingerprint density at radius 3 is 2.45 bits per heavy atom. The van der Waals surface area contributed by atoms with E-state index < -0.39 is 42.6 Å². The first-order valence-corrected chi connectivity index (χ1v) is 7.97. The zero-order valence-corrected chi connectivity index (χ0v) is 12.4. The number of nitrogens with two attached hydrogens (primary N) is 1. The summed E-state index contributed by atoms with van der Waals surface area (Å²) in [5.41, 5.74) is -1.05. The Balaban J connectivity index is 2.49. The number of carbonyl (C=O) groups excluding carboxylic acids is 1. The van der Waals surface area contributed by atoms with E-state index in [0.29, 0.717) is 18.9 Å². The molecule has 0 unspecified atom stereocenters. The van der Waals surface area contributed by atoms with Crippen LogP contribution in [0.25, 0.3) is 0 Å². The van der Waals surface area contributed by atoms with Crippen molar-refractivity contribution in [1.82, 2.24) is 0 Å². The van der Waals surface area contributed by atoms with E-state index in [0.717, 1.165) is 6.42 Å². The van der Waals surface area contributed by atoms with E-state index in [1.165, 1.54) is 0 Å². The number of benzene rings is 1. The molecule has 0 spiro atoms. The van der Waals surface area contributed by atoms with Crippen LogP contribution >= 0.6 is 15.9 Å². The molecule has 0 amide bonds. The van der Waals surface area contributed by atoms with E-state index in [2.05, 4.69) is 15.9 Å². The number of rotatable bonds is 3. The fraction of sp³-hybridized carbons (Fsp3) is 0.364. The normalized spacial score (nSPS) is 15.8. The summed E-state index contributed by atoms with van der Waals surface area (Å²) in [4.78, 5) is 10.8. The van der Waals surface area contributed by atoms with E-state index >= 15 is 0 Å². The van der Waals surface area contributed by atoms with Gasteiger partial charge in [-0.05, 0) is 41.3 Å². The molecule has 9 heteroatoms. The minimum atomic E-state index is -4.45. The van der Waals surface area contributed by atoms with Crippen molar-refractivity contribution in [1.29, 1.82) is 0 Å². The number of esters is 1. The van der Waals surface area contributed by atoms with Crippen LogP contribution in [0.2, 0.25) is 0 Å². The number of carbonyl (C=O) groups is 1. The molecule has 5 nitrogen and oxygen atoms in total. The molecule has 0 radical (unpaired) electrons. The maximum absolute atomic E-state index is 14.1. The molecule has 1 aliphatic carbocycles. The van der Waals surface area contributed by atoms with Gasteiger partial charge in [0.05, 0.1) is 0 Å². The Morgan fingerprint density at radius 1 is 1.40 bits per heavy atom. The van der Waals surface area contributed by atoms with E-state index in [9.17, 15) is 22.0 Å². The largest absolute Gasteiger partial charge is 0.459 e. The first kappa shape index (κ1) is 15.3. The van der Waals surface area contributed by atoms with Crippen molar-refractivity contribution < 1.29 is 26.7 Å². The highest BCUT2D eigenvalue weighted by Gasteiger charge is 2.31. The van der Waals surface area contributed by atoms with Crippen LogP contribution in [-0.2, 0) is 14.8 Å². The van der Waals surface area contributed by atoms with Crippen molar-refractivity contribution in [2.75, 3.05) is 0 Å². The van der Waals surface area contributed by atoms with Gasteiger partial charge in [-0.2, -0.15) is 0 Å². The van der Waals surface area contributed by atoms with Crippen LogP contribution in [0, 0.1) is 11.6 Å². The van der Waals surface area contributed by atoms with Gasteiger partial charge in [0.2, 0.25) is 10.0 Å². The maximum atomic E-state index is 14.1. The third-order valence-corrected chi connectivity index (χ3v) is 4.80. The zero-order chi connectivity index (χ0) is 15.1. The third kappa shape index (κ3) is 2.84. The molecule has 0 saturated heterocycles. The van der Waals surface area contributed by atoms with Crippen LogP contribution in [0.1, 0.15) is 29.6 Å². The summed E-state index contributed by atoms with van der Waals surface area (Å²) in [6, 6.07) is 0.667. The standard InChI is InChI=1S/C11H10BrF2NO4S/c12-6-4-7(13)8(9(14)10(6)20(15,17)18)11(16)19-5-2-1-3-5/h4-5H,1-3H2,(H2,15,17,18). The van der Waals surface area contributed by atoms with Crippen LogP contribution < -0.4 is 5.14 Å². The lowest BCUT2D eigenvalue weighted by atomic mass is 9.96. The van der Waals surface area contributed by atoms with Crippen molar-refractivity contribution in [3.8, 4) is 0 Å². The number of hydrogen-bond donors (Lipinski definition) is 1. The van der Waals surface area contributed by atoms with Crippen molar-refractivity contribution in [3.63, 3.8) is 0 Å². The summed E-state index contributed by atoms with van der Waals surface area (Å²) < 4.78 is 54.8. The zero-order valence-electron chi connectivity index (χ0n) is 10.0. The highest BCUT2D eigenvalue weighted by molar-refractivity contribution is 9.10. The Hall–Kier alpha value is -1.06. The molecular weight excluding hydrogens is 360 g/mol. The van der Waals surface area contributed by atoms with Crippen molar-refractivity contribution in [2.24, 2.45) is 5.14 Å². The number of ether oxygens (including phenoxy) is 1. The van der Waals surface area contributed by atoms with Gasteiger partial charge in [0, 0.05) is 4.47 Å². The third-order valence-electron chi connectivity index (χ3n) is 2.94. The molecule has 2 N–H and O–H groups in total. The van der Waals surface area contributed by atoms with Gasteiger partial charge in [-0.1, -0.05) is 0 Å². The Kier molecular flexibility index (Phi) is 4.12. The minimum Gasteiger partial charge on any atom is -0.459 e. The number of halogens is 3. The fourth-order valence-electron chi connectivity index (χ4n) is 1.72. The van der Waals surface area contributed by atoms with Crippen LogP contribution in [0.15, 0.2) is 15.4 Å². The van der Waals surface area contributed by atoms with Crippen LogP contribution in [-0.4, -0.2) is 20.5 Å². The summed E-state index contributed by atoms with van der Waals surface area (Å²) in [5.74, 6) is -4.00. The second-order valence-corrected chi connectivity index (χ2v) is 6.71. The molecule has 0 bridgehead atoms. The molecule has 0 heterocycles. The SMILES string of the molecule is NS(=O)(=O)c1c(Br)cc(F)c(C(=O)OC2CCC2)c1F. The highest BCUT2D eigenvalue weighted by atomic mass is 79.9. The van der Waals surface area contributed by atoms with Gasteiger partial charge < -0.3 is 4.74 Å². The molecule has 1 aromatic rings. The van der Waals surface area contributed by atoms with Crippen LogP contribution in [0.4, 0.5) is 8.78 Å². The van der Waals surface area contributed by atoms with Gasteiger partial charge in [-0.3, -0.25) is 0 Å². The molecule has 0 aromatic heterocycles. The van der Waals surface area contributed by atoms with Crippen LogP contribution in [0.3, 0.4) is 0 Å². The van der Waals surface area contributed by atoms with Crippen LogP contribution in [0.5, 0.6) is 0 Å². The van der Waals surface area contributed by atoms with Gasteiger partial charge in [0.15, 0.2) is 5.82 Å². The molecule has 0 atom stereocenters. The first-order valence-electron chi connectivity index (χ1n) is 5.63. The highest BCUT2D eigenvalue weighted by Crippen LogP contribution is 2.30. The lowest BCUT2D eigenvalue weighted by Gasteiger charge is -2.25. The summed E-state index contributed by atoms with van der Waals surface area (Å²) in [6.07, 6.45) is 1.72. The maximum Gasteiger partial charge on any atom is 0.344 e. The Bertz CT molecular complexity index is 673. The number of primary sulfonamides is 1. The monoisotopic (exact) mass is 369 g/mol. The first-order chi connectivity index (χ1) is 9.21. The minimum absolute atomic E-state index is 0.386. The molecule has 1 aliphatic rings. The van der Waals surface area contributed by atoms with Crippen molar-refractivity contribution >= 4 is 31.9 Å². The quantitative estimate of drug-likeness (QED) is 0.826. The van der Waals surface area contributed by atoms with Crippen molar-refractivity contribution in [2.45, 2.75) is 30.3 Å². The summed E-state index contributed by atoms with van der Waals surface area (Å²) in [6.45, 7) is 0. The molecule has 20 heavy (non-hydrogen) atoms. The molecule has 1 fully saturated rings. The predicted molar refractivity (Wildman–Crippen MR) is 68.5 cm³/mol. The van der Waals surface area contributed by atoms with Gasteiger partial charge in [-0.25, -0.2) is 27.1 Å². The molecular formula is C11H10BrF2NO4S. The van der Waals surface area contributed by atoms with E-state index in [-0.39, 0.29) is 6.10 Å². The molecule has 1 aromatic carbocycles. The molecule has 110 valence electrons. The van der Waals surface area contributed by atoms with Gasteiger partial charge >= 0.3 is 5.97 Å². The summed E-state index contributed by atoms with van der Waals surface area (Å²) in [7, 11) is -4.45. The van der Waals surface area contributed by atoms with E-state index in [1.807, 2.05) is 0 Å². The van der Waals surface area contributed by atoms with E-state index in [4.69, 9.17) is 9.88 Å². The summed E-state index contributed by atoms with van der Waals surface area (Å²) in [5, 5.41) is 4.84.